The molecule has 2 N–H and O–H groups in total. The number of hydrogen-bond donors (Lipinski definition) is 1. The predicted molar refractivity (Wildman–Crippen MR) is 48.5 cm³/mol. The Morgan fingerprint density at radius 3 is 2.40 bits per heavy atom. The van der Waals surface area contributed by atoms with Crippen molar-refractivity contribution in [2.75, 3.05) is 0 Å². The Balaban J connectivity index is 3.09. The Kier molecular flexibility index (Phi) is 2.97. The molecule has 6 heteroatoms. The van der Waals surface area contributed by atoms with E-state index in [0.717, 1.165) is 12.1 Å². The number of rotatable bonds is 1. The largest absolute Gasteiger partial charge is 0.448 e. The molecule has 15 heavy (non-hydrogen) atoms. The SMILES string of the molecule is Cc1ccc(N=C(N)C(F)(F)F)c(F)c1. The van der Waals surface area contributed by atoms with Gasteiger partial charge in [0, 0.05) is 0 Å². The molecule has 0 spiro atoms. The molecule has 0 aliphatic rings. The highest BCUT2D eigenvalue weighted by atomic mass is 19.4. The van der Waals surface area contributed by atoms with Crippen LogP contribution in [0.15, 0.2) is 23.2 Å². The summed E-state index contributed by atoms with van der Waals surface area (Å²) in [6.07, 6.45) is -4.74. The number of alkyl halides is 3. The van der Waals surface area contributed by atoms with Crippen LogP contribution in [0, 0.1) is 12.7 Å². The lowest BCUT2D eigenvalue weighted by Crippen LogP contribution is -2.30. The van der Waals surface area contributed by atoms with E-state index in [0.29, 0.717) is 5.56 Å². The van der Waals surface area contributed by atoms with Crippen LogP contribution in [-0.2, 0) is 0 Å². The lowest BCUT2D eigenvalue weighted by atomic mass is 10.2. The second-order valence-corrected chi connectivity index (χ2v) is 2.95. The first-order valence-corrected chi connectivity index (χ1v) is 3.98. The van der Waals surface area contributed by atoms with Gasteiger partial charge in [0.1, 0.15) is 11.5 Å². The van der Waals surface area contributed by atoms with Crippen molar-refractivity contribution >= 4 is 11.5 Å². The molecule has 1 aromatic carbocycles. The van der Waals surface area contributed by atoms with Crippen molar-refractivity contribution in [2.24, 2.45) is 10.7 Å². The summed E-state index contributed by atoms with van der Waals surface area (Å²) in [7, 11) is 0. The van der Waals surface area contributed by atoms with Crippen LogP contribution in [0.4, 0.5) is 23.2 Å². The van der Waals surface area contributed by atoms with E-state index in [-0.39, 0.29) is 0 Å². The van der Waals surface area contributed by atoms with E-state index in [9.17, 15) is 17.6 Å². The third-order valence-corrected chi connectivity index (χ3v) is 1.63. The number of aliphatic imine (C=N–C) groups is 1. The lowest BCUT2D eigenvalue weighted by Gasteiger charge is -2.05. The number of hydrogen-bond acceptors (Lipinski definition) is 1. The van der Waals surface area contributed by atoms with E-state index in [1.54, 1.807) is 6.92 Å². The standard InChI is InChI=1S/C9H8F4N2/c1-5-2-3-7(6(10)4-5)15-8(14)9(11,12)13/h2-4H,1H3,(H2,14,15). The highest BCUT2D eigenvalue weighted by Crippen LogP contribution is 2.22. The Labute approximate surface area is 83.4 Å². The molecule has 0 aromatic heterocycles. The zero-order valence-electron chi connectivity index (χ0n) is 7.77. The molecule has 1 rings (SSSR count). The molecule has 0 bridgehead atoms. The summed E-state index contributed by atoms with van der Waals surface area (Å²) in [4.78, 5) is 2.97. The fourth-order valence-electron chi connectivity index (χ4n) is 0.896. The Morgan fingerprint density at radius 2 is 1.93 bits per heavy atom. The Bertz CT molecular complexity index is 396. The molecule has 0 amide bonds. The van der Waals surface area contributed by atoms with Crippen LogP contribution in [0.25, 0.3) is 0 Å². The number of halogens is 4. The van der Waals surface area contributed by atoms with E-state index >= 15 is 0 Å². The molecule has 0 atom stereocenters. The highest BCUT2D eigenvalue weighted by molar-refractivity contribution is 5.88. The fourth-order valence-corrected chi connectivity index (χ4v) is 0.896. The topological polar surface area (TPSA) is 38.4 Å². The summed E-state index contributed by atoms with van der Waals surface area (Å²) >= 11 is 0. The van der Waals surface area contributed by atoms with E-state index in [2.05, 4.69) is 10.7 Å². The molecule has 0 saturated heterocycles. The summed E-state index contributed by atoms with van der Waals surface area (Å²) in [6, 6.07) is 3.68. The molecule has 0 aliphatic heterocycles. The third kappa shape index (κ3) is 2.93. The van der Waals surface area contributed by atoms with Crippen molar-refractivity contribution < 1.29 is 17.6 Å². The third-order valence-electron chi connectivity index (χ3n) is 1.63. The molecule has 2 nitrogen and oxygen atoms in total. The van der Waals surface area contributed by atoms with Crippen molar-refractivity contribution in [1.82, 2.24) is 0 Å². The first-order valence-electron chi connectivity index (χ1n) is 3.98. The average Bonchev–Trinajstić information content (AvgIpc) is 2.08. The summed E-state index contributed by atoms with van der Waals surface area (Å²) in [6.45, 7) is 1.61. The molecule has 0 fully saturated rings. The first kappa shape index (κ1) is 11.5. The van der Waals surface area contributed by atoms with Crippen LogP contribution in [0.5, 0.6) is 0 Å². The van der Waals surface area contributed by atoms with Crippen molar-refractivity contribution in [2.45, 2.75) is 13.1 Å². The van der Waals surface area contributed by atoms with Gasteiger partial charge in [-0.3, -0.25) is 0 Å². The minimum atomic E-state index is -4.74. The maximum atomic E-state index is 13.1. The van der Waals surface area contributed by atoms with Gasteiger partial charge in [0.05, 0.1) is 0 Å². The lowest BCUT2D eigenvalue weighted by molar-refractivity contribution is -0.0597. The minimum absolute atomic E-state index is 0.421. The van der Waals surface area contributed by atoms with Crippen molar-refractivity contribution in [3.63, 3.8) is 0 Å². The average molecular weight is 220 g/mol. The quantitative estimate of drug-likeness (QED) is 0.441. The number of nitrogens with zero attached hydrogens (tertiary/aromatic N) is 1. The highest BCUT2D eigenvalue weighted by Gasteiger charge is 2.33. The van der Waals surface area contributed by atoms with Gasteiger partial charge in [0.25, 0.3) is 0 Å². The van der Waals surface area contributed by atoms with Gasteiger partial charge >= 0.3 is 6.18 Å². The van der Waals surface area contributed by atoms with Gasteiger partial charge in [-0.2, -0.15) is 13.2 Å². The van der Waals surface area contributed by atoms with Crippen LogP contribution in [0.1, 0.15) is 5.56 Å². The fraction of sp³-hybridized carbons (Fsp3) is 0.222. The van der Waals surface area contributed by atoms with Gasteiger partial charge in [-0.1, -0.05) is 6.07 Å². The van der Waals surface area contributed by atoms with E-state index in [1.807, 2.05) is 0 Å². The van der Waals surface area contributed by atoms with Gasteiger partial charge in [-0.25, -0.2) is 9.38 Å². The second-order valence-electron chi connectivity index (χ2n) is 2.95. The van der Waals surface area contributed by atoms with E-state index < -0.39 is 23.5 Å². The monoisotopic (exact) mass is 220 g/mol. The predicted octanol–water partition coefficient (Wildman–Crippen LogP) is 2.69. The Morgan fingerprint density at radius 1 is 1.33 bits per heavy atom. The summed E-state index contributed by atoms with van der Waals surface area (Å²) < 4.78 is 49.0. The van der Waals surface area contributed by atoms with Crippen molar-refractivity contribution in [3.05, 3.63) is 29.6 Å². The summed E-state index contributed by atoms with van der Waals surface area (Å²) in [5, 5.41) is 0. The minimum Gasteiger partial charge on any atom is -0.380 e. The van der Waals surface area contributed by atoms with Crippen LogP contribution in [0.2, 0.25) is 0 Å². The van der Waals surface area contributed by atoms with Crippen LogP contribution < -0.4 is 5.73 Å². The van der Waals surface area contributed by atoms with Crippen LogP contribution in [0.3, 0.4) is 0 Å². The van der Waals surface area contributed by atoms with E-state index in [1.165, 1.54) is 6.07 Å². The van der Waals surface area contributed by atoms with Gasteiger partial charge in [-0.05, 0) is 24.6 Å². The summed E-state index contributed by atoms with van der Waals surface area (Å²) in [5.41, 5.74) is 4.82. The summed E-state index contributed by atoms with van der Waals surface area (Å²) in [5.74, 6) is -2.40. The van der Waals surface area contributed by atoms with E-state index in [4.69, 9.17) is 0 Å². The maximum absolute atomic E-state index is 13.1. The normalized spacial score (nSPS) is 13.0. The molecule has 1 aromatic rings. The Hall–Kier alpha value is -1.59. The molecular formula is C9H8F4N2. The second kappa shape index (κ2) is 3.88. The number of amidine groups is 1. The number of aryl methyl sites for hydroxylation is 1. The molecule has 0 saturated carbocycles. The zero-order chi connectivity index (χ0) is 11.6. The van der Waals surface area contributed by atoms with Crippen LogP contribution in [-0.4, -0.2) is 12.0 Å². The van der Waals surface area contributed by atoms with Crippen LogP contribution >= 0.6 is 0 Å². The van der Waals surface area contributed by atoms with Gasteiger partial charge in [0.15, 0.2) is 0 Å². The number of benzene rings is 1. The van der Waals surface area contributed by atoms with Crippen molar-refractivity contribution in [1.29, 1.82) is 0 Å². The smallest absolute Gasteiger partial charge is 0.380 e. The van der Waals surface area contributed by atoms with Crippen molar-refractivity contribution in [3.8, 4) is 0 Å². The van der Waals surface area contributed by atoms with Gasteiger partial charge in [0.2, 0.25) is 5.84 Å². The molecule has 82 valence electrons. The molecular weight excluding hydrogens is 212 g/mol. The maximum Gasteiger partial charge on any atom is 0.448 e. The van der Waals surface area contributed by atoms with Gasteiger partial charge < -0.3 is 5.73 Å². The molecule has 0 heterocycles. The van der Waals surface area contributed by atoms with Gasteiger partial charge in [-0.15, -0.1) is 0 Å². The molecule has 0 aliphatic carbocycles. The first-order chi connectivity index (χ1) is 6.80. The molecule has 0 radical (unpaired) electrons. The molecule has 0 unspecified atom stereocenters. The number of nitrogens with two attached hydrogens (primary N) is 1. The zero-order valence-corrected chi connectivity index (χ0v) is 7.77.